The van der Waals surface area contributed by atoms with Crippen LogP contribution < -0.4 is 5.32 Å². The van der Waals surface area contributed by atoms with E-state index in [4.69, 9.17) is 4.52 Å². The lowest BCUT2D eigenvalue weighted by Crippen LogP contribution is -2.04. The van der Waals surface area contributed by atoms with E-state index in [2.05, 4.69) is 15.5 Å². The van der Waals surface area contributed by atoms with Gasteiger partial charge in [0, 0.05) is 0 Å². The first kappa shape index (κ1) is 6.22. The lowest BCUT2D eigenvalue weighted by molar-refractivity contribution is 0.368. The number of hydrogen-bond acceptors (Lipinski definition) is 4. The highest BCUT2D eigenvalue weighted by Gasteiger charge is 1.97. The number of nitrogens with zero attached hydrogens (tertiary/aromatic N) is 2. The molecule has 1 aromatic heterocycles. The summed E-state index contributed by atoms with van der Waals surface area (Å²) in [6.45, 7) is 2.43. The van der Waals surface area contributed by atoms with Gasteiger partial charge in [0.1, 0.15) is 0 Å². The molecule has 0 amide bonds. The predicted molar refractivity (Wildman–Crippen MR) is 31.8 cm³/mol. The Bertz CT molecular complexity index is 184. The molecular formula is C5H9N3O. The molecule has 0 radical (unpaired) electrons. The minimum Gasteiger partial charge on any atom is -0.338 e. The Balaban J connectivity index is 2.61. The van der Waals surface area contributed by atoms with E-state index in [-0.39, 0.29) is 0 Å². The standard InChI is InChI=1S/C5H9N3O/c1-4-7-5(3-6-2)9-8-4/h6H,3H2,1-2H3. The van der Waals surface area contributed by atoms with E-state index in [0.29, 0.717) is 18.3 Å². The van der Waals surface area contributed by atoms with Crippen molar-refractivity contribution in [3.05, 3.63) is 11.7 Å². The Kier molecular flexibility index (Phi) is 1.79. The van der Waals surface area contributed by atoms with Crippen molar-refractivity contribution < 1.29 is 4.52 Å². The Morgan fingerprint density at radius 3 is 2.89 bits per heavy atom. The average Bonchev–Trinajstić information content (AvgIpc) is 2.17. The van der Waals surface area contributed by atoms with Crippen LogP contribution >= 0.6 is 0 Å². The molecule has 1 aromatic rings. The van der Waals surface area contributed by atoms with Gasteiger partial charge in [-0.25, -0.2) is 0 Å². The SMILES string of the molecule is CNCc1nc(C)no1. The molecule has 0 aliphatic heterocycles. The van der Waals surface area contributed by atoms with Crippen molar-refractivity contribution >= 4 is 0 Å². The van der Waals surface area contributed by atoms with Crippen LogP contribution in [0.5, 0.6) is 0 Å². The first-order chi connectivity index (χ1) is 4.33. The largest absolute Gasteiger partial charge is 0.338 e. The average molecular weight is 127 g/mol. The van der Waals surface area contributed by atoms with Crippen molar-refractivity contribution in [3.8, 4) is 0 Å². The minimum atomic E-state index is 0.634. The molecular weight excluding hydrogens is 118 g/mol. The van der Waals surface area contributed by atoms with Crippen molar-refractivity contribution in [2.24, 2.45) is 0 Å². The monoisotopic (exact) mass is 127 g/mol. The number of nitrogens with one attached hydrogen (secondary N) is 1. The van der Waals surface area contributed by atoms with E-state index in [0.717, 1.165) is 0 Å². The maximum absolute atomic E-state index is 4.78. The summed E-state index contributed by atoms with van der Waals surface area (Å²) < 4.78 is 4.78. The zero-order valence-electron chi connectivity index (χ0n) is 5.51. The lowest BCUT2D eigenvalue weighted by Gasteiger charge is -1.85. The molecule has 0 unspecified atom stereocenters. The molecule has 1 rings (SSSR count). The van der Waals surface area contributed by atoms with E-state index in [1.165, 1.54) is 0 Å². The second-order valence-corrected chi connectivity index (χ2v) is 1.77. The second-order valence-electron chi connectivity index (χ2n) is 1.77. The summed E-state index contributed by atoms with van der Waals surface area (Å²) in [5, 5.41) is 6.51. The van der Waals surface area contributed by atoms with Crippen LogP contribution in [-0.2, 0) is 6.54 Å². The normalized spacial score (nSPS) is 10.0. The molecule has 1 N–H and O–H groups in total. The van der Waals surface area contributed by atoms with Gasteiger partial charge in [-0.2, -0.15) is 4.98 Å². The predicted octanol–water partition coefficient (Wildman–Crippen LogP) is 0.0974. The number of hydrogen-bond donors (Lipinski definition) is 1. The van der Waals surface area contributed by atoms with Gasteiger partial charge in [0.15, 0.2) is 5.82 Å². The first-order valence-electron chi connectivity index (χ1n) is 2.76. The van der Waals surface area contributed by atoms with Gasteiger partial charge in [0.25, 0.3) is 0 Å². The third-order valence-electron chi connectivity index (χ3n) is 0.898. The van der Waals surface area contributed by atoms with Gasteiger partial charge in [-0.3, -0.25) is 0 Å². The number of rotatable bonds is 2. The summed E-state index contributed by atoms with van der Waals surface area (Å²) in [7, 11) is 1.83. The summed E-state index contributed by atoms with van der Waals surface area (Å²) in [4.78, 5) is 3.96. The summed E-state index contributed by atoms with van der Waals surface area (Å²) in [5.41, 5.74) is 0. The molecule has 4 heteroatoms. The van der Waals surface area contributed by atoms with Crippen LogP contribution in [-0.4, -0.2) is 17.2 Å². The summed E-state index contributed by atoms with van der Waals surface area (Å²) >= 11 is 0. The molecule has 1 heterocycles. The summed E-state index contributed by atoms with van der Waals surface area (Å²) in [5.74, 6) is 1.32. The molecule has 9 heavy (non-hydrogen) atoms. The number of aryl methyl sites for hydroxylation is 1. The first-order valence-corrected chi connectivity index (χ1v) is 2.76. The van der Waals surface area contributed by atoms with E-state index in [1.54, 1.807) is 6.92 Å². The Morgan fingerprint density at radius 1 is 1.67 bits per heavy atom. The van der Waals surface area contributed by atoms with Gasteiger partial charge in [-0.1, -0.05) is 5.16 Å². The van der Waals surface area contributed by atoms with Gasteiger partial charge >= 0.3 is 0 Å². The molecule has 50 valence electrons. The van der Waals surface area contributed by atoms with Crippen LogP contribution in [0.3, 0.4) is 0 Å². The lowest BCUT2D eigenvalue weighted by atomic mass is 10.6. The smallest absolute Gasteiger partial charge is 0.240 e. The third kappa shape index (κ3) is 1.50. The van der Waals surface area contributed by atoms with Crippen molar-refractivity contribution in [3.63, 3.8) is 0 Å². The van der Waals surface area contributed by atoms with E-state index in [9.17, 15) is 0 Å². The molecule has 0 aliphatic rings. The molecule has 0 aliphatic carbocycles. The molecule has 0 spiro atoms. The molecule has 0 saturated heterocycles. The van der Waals surface area contributed by atoms with Gasteiger partial charge in [0.05, 0.1) is 6.54 Å². The Labute approximate surface area is 53.3 Å². The van der Waals surface area contributed by atoms with E-state index < -0.39 is 0 Å². The van der Waals surface area contributed by atoms with Crippen molar-refractivity contribution in [2.75, 3.05) is 7.05 Å². The topological polar surface area (TPSA) is 51.0 Å². The summed E-state index contributed by atoms with van der Waals surface area (Å²) in [6, 6.07) is 0. The van der Waals surface area contributed by atoms with Crippen LogP contribution in [0.25, 0.3) is 0 Å². The van der Waals surface area contributed by atoms with Crippen molar-refractivity contribution in [1.82, 2.24) is 15.5 Å². The molecule has 0 aromatic carbocycles. The summed E-state index contributed by atoms with van der Waals surface area (Å²) in [6.07, 6.45) is 0. The van der Waals surface area contributed by atoms with Crippen LogP contribution in [0.2, 0.25) is 0 Å². The molecule has 4 nitrogen and oxygen atoms in total. The highest BCUT2D eigenvalue weighted by atomic mass is 16.5. The molecule has 0 fully saturated rings. The molecule has 0 saturated carbocycles. The van der Waals surface area contributed by atoms with Crippen molar-refractivity contribution in [1.29, 1.82) is 0 Å². The Hall–Kier alpha value is -0.900. The number of aromatic nitrogens is 2. The van der Waals surface area contributed by atoms with Crippen LogP contribution in [0.4, 0.5) is 0 Å². The van der Waals surface area contributed by atoms with Gasteiger partial charge in [0.2, 0.25) is 5.89 Å². The van der Waals surface area contributed by atoms with Crippen LogP contribution in [0.1, 0.15) is 11.7 Å². The maximum Gasteiger partial charge on any atom is 0.240 e. The Morgan fingerprint density at radius 2 is 2.44 bits per heavy atom. The highest BCUT2D eigenvalue weighted by molar-refractivity contribution is 4.81. The van der Waals surface area contributed by atoms with Crippen molar-refractivity contribution in [2.45, 2.75) is 13.5 Å². The second kappa shape index (κ2) is 2.59. The minimum absolute atomic E-state index is 0.634. The highest BCUT2D eigenvalue weighted by Crippen LogP contribution is 1.92. The molecule has 0 atom stereocenters. The fourth-order valence-corrected chi connectivity index (χ4v) is 0.563. The molecule has 0 bridgehead atoms. The maximum atomic E-state index is 4.78. The zero-order valence-corrected chi connectivity index (χ0v) is 5.51. The van der Waals surface area contributed by atoms with E-state index in [1.807, 2.05) is 7.05 Å². The van der Waals surface area contributed by atoms with Gasteiger partial charge in [-0.15, -0.1) is 0 Å². The van der Waals surface area contributed by atoms with E-state index >= 15 is 0 Å². The van der Waals surface area contributed by atoms with Gasteiger partial charge in [-0.05, 0) is 14.0 Å². The van der Waals surface area contributed by atoms with Crippen LogP contribution in [0.15, 0.2) is 4.52 Å². The quantitative estimate of drug-likeness (QED) is 0.612. The third-order valence-corrected chi connectivity index (χ3v) is 0.898. The zero-order chi connectivity index (χ0) is 6.69. The fraction of sp³-hybridized carbons (Fsp3) is 0.600. The van der Waals surface area contributed by atoms with Gasteiger partial charge < -0.3 is 9.84 Å². The fourth-order valence-electron chi connectivity index (χ4n) is 0.563. The van der Waals surface area contributed by atoms with Crippen LogP contribution in [0, 0.1) is 6.92 Å².